The van der Waals surface area contributed by atoms with Crippen LogP contribution in [0.15, 0.2) is 25.1 Å². The Morgan fingerprint density at radius 3 is 1.96 bits per heavy atom. The van der Waals surface area contributed by atoms with Crippen LogP contribution >= 0.6 is 0 Å². The fraction of sp³-hybridized carbons (Fsp3) is 0.750. The molecule has 1 rings (SSSR count). The maximum absolute atomic E-state index is 4.36. The number of hydrogen-bond donors (Lipinski definition) is 1. The second kappa shape index (κ2) is 9.65. The highest BCUT2D eigenvalue weighted by atomic mass is 28.5. The first-order chi connectivity index (χ1) is 11.5. The number of nitrogens with one attached hydrogen (secondary N) is 1. The van der Waals surface area contributed by atoms with Gasteiger partial charge >= 0.3 is 0 Å². The predicted molar refractivity (Wildman–Crippen MR) is 119 cm³/mol. The van der Waals surface area contributed by atoms with Gasteiger partial charge in [0.2, 0.25) is 8.40 Å². The number of nitrogens with zero attached hydrogens (tertiary/aromatic N) is 3. The van der Waals surface area contributed by atoms with E-state index in [-0.39, 0.29) is 0 Å². The molecule has 2 atom stereocenters. The van der Waals surface area contributed by atoms with Crippen LogP contribution in [0.3, 0.4) is 0 Å². The van der Waals surface area contributed by atoms with Crippen LogP contribution < -0.4 is 4.65 Å². The van der Waals surface area contributed by atoms with Crippen LogP contribution in [0.2, 0.25) is 24.2 Å². The lowest BCUT2D eigenvalue weighted by molar-refractivity contribution is 0.485. The summed E-state index contributed by atoms with van der Waals surface area (Å²) in [6.45, 7) is 25.3. The summed E-state index contributed by atoms with van der Waals surface area (Å²) in [6, 6.07) is 5.14. The molecule has 0 amide bonds. The van der Waals surface area contributed by atoms with Crippen molar-refractivity contribution in [1.29, 1.82) is 0 Å². The lowest BCUT2D eigenvalue weighted by Gasteiger charge is -2.61. The first-order valence-electron chi connectivity index (χ1n) is 9.82. The normalized spacial score (nSPS) is 30.1. The number of rotatable bonds is 8. The largest absolute Gasteiger partial charge is 0.409 e. The van der Waals surface area contributed by atoms with Gasteiger partial charge in [-0.1, -0.05) is 53.8 Å². The molecule has 8 heteroatoms. The minimum absolute atomic E-state index is 0.509. The van der Waals surface area contributed by atoms with E-state index in [4.69, 9.17) is 0 Å². The summed E-state index contributed by atoms with van der Waals surface area (Å²) in [4.78, 5) is 0. The van der Waals surface area contributed by atoms with Gasteiger partial charge in [0.25, 0.3) is 0 Å². The third-order valence-electron chi connectivity index (χ3n) is 6.12. The molecule has 0 aromatic heterocycles. The summed E-state index contributed by atoms with van der Waals surface area (Å²) < 4.78 is 12.8. The molecule has 1 saturated heterocycles. The minimum Gasteiger partial charge on any atom is -0.409 e. The third-order valence-corrected chi connectivity index (χ3v) is 27.2. The van der Waals surface area contributed by atoms with Crippen molar-refractivity contribution in [3.05, 3.63) is 25.1 Å². The maximum Gasteiger partial charge on any atom is 0.246 e. The molecular weight excluding hydrogens is 361 g/mol. The van der Waals surface area contributed by atoms with Gasteiger partial charge in [-0.15, -0.1) is 6.58 Å². The van der Waals surface area contributed by atoms with Crippen molar-refractivity contribution in [3.63, 3.8) is 0 Å². The highest BCUT2D eigenvalue weighted by Crippen LogP contribution is 2.35. The van der Waals surface area contributed by atoms with Crippen LogP contribution in [0, 0.1) is 0 Å². The summed E-state index contributed by atoms with van der Waals surface area (Å²) in [5.41, 5.74) is 2.35. The molecule has 0 bridgehead atoms. The lowest BCUT2D eigenvalue weighted by Crippen LogP contribution is -2.83. The molecule has 4 nitrogen and oxygen atoms in total. The van der Waals surface area contributed by atoms with Crippen molar-refractivity contribution in [2.45, 2.75) is 65.7 Å². The molecule has 24 heavy (non-hydrogen) atoms. The topological polar surface area (TPSA) is 21.8 Å². The van der Waals surface area contributed by atoms with Crippen molar-refractivity contribution in [3.8, 4) is 0 Å². The number of hydrogen-bond acceptors (Lipinski definition) is 4. The van der Waals surface area contributed by atoms with E-state index in [2.05, 4.69) is 83.9 Å². The van der Waals surface area contributed by atoms with E-state index < -0.39 is 35.8 Å². The Bertz CT molecular complexity index is 419. The molecule has 0 aliphatic carbocycles. The summed E-state index contributed by atoms with van der Waals surface area (Å²) in [5, 5.41) is 0. The van der Waals surface area contributed by atoms with Gasteiger partial charge < -0.3 is 17.3 Å². The zero-order valence-corrected chi connectivity index (χ0v) is 21.5. The minimum atomic E-state index is -1.90. The van der Waals surface area contributed by atoms with E-state index in [0.29, 0.717) is 0 Å². The van der Waals surface area contributed by atoms with Gasteiger partial charge in [0.05, 0.1) is 0 Å². The van der Waals surface area contributed by atoms with E-state index in [9.17, 15) is 0 Å². The van der Waals surface area contributed by atoms with Gasteiger partial charge in [-0.2, -0.15) is 0 Å². The SMILES string of the molecule is C=CN1[SiH2]N[SiH](CC)N(CC)[Si](CC)(CC)N(CC)[Si]1(C=C)CC. The quantitative estimate of drug-likeness (QED) is 0.632. The Kier molecular flexibility index (Phi) is 8.87. The second-order valence-corrected chi connectivity index (χ2v) is 21.8. The van der Waals surface area contributed by atoms with Crippen LogP contribution in [-0.2, 0) is 0 Å². The molecule has 0 aromatic carbocycles. The van der Waals surface area contributed by atoms with Gasteiger partial charge in [0.1, 0.15) is 0 Å². The van der Waals surface area contributed by atoms with Crippen LogP contribution in [0.5, 0.6) is 0 Å². The molecule has 1 heterocycles. The highest BCUT2D eigenvalue weighted by Gasteiger charge is 2.55. The fourth-order valence-electron chi connectivity index (χ4n) is 4.89. The molecule has 1 fully saturated rings. The van der Waals surface area contributed by atoms with Crippen molar-refractivity contribution < 1.29 is 0 Å². The molecule has 1 N–H and O–H groups in total. The highest BCUT2D eigenvalue weighted by molar-refractivity contribution is 6.99. The predicted octanol–water partition coefficient (Wildman–Crippen LogP) is 2.59. The third kappa shape index (κ3) is 3.46. The molecular formula is C16H40N4Si4. The molecule has 0 saturated carbocycles. The summed E-state index contributed by atoms with van der Waals surface area (Å²) in [5.74, 6) is 0. The molecule has 0 aromatic rings. The van der Waals surface area contributed by atoms with E-state index in [1.165, 1.54) is 30.7 Å². The van der Waals surface area contributed by atoms with Crippen LogP contribution in [0.1, 0.15) is 41.5 Å². The van der Waals surface area contributed by atoms with Crippen molar-refractivity contribution in [2.75, 3.05) is 13.1 Å². The van der Waals surface area contributed by atoms with E-state index >= 15 is 0 Å². The van der Waals surface area contributed by atoms with Gasteiger partial charge in [-0.25, -0.2) is 0 Å². The molecule has 0 radical (unpaired) electrons. The first-order valence-corrected chi connectivity index (χ1v) is 17.6. The van der Waals surface area contributed by atoms with E-state index in [0.717, 1.165) is 6.54 Å². The van der Waals surface area contributed by atoms with Crippen molar-refractivity contribution >= 4 is 35.8 Å². The monoisotopic (exact) mass is 400 g/mol. The van der Waals surface area contributed by atoms with Gasteiger partial charge in [0.15, 0.2) is 27.4 Å². The van der Waals surface area contributed by atoms with E-state index in [1.54, 1.807) is 0 Å². The van der Waals surface area contributed by atoms with Crippen molar-refractivity contribution in [1.82, 2.24) is 17.3 Å². The Morgan fingerprint density at radius 2 is 1.62 bits per heavy atom. The Balaban J connectivity index is 3.65. The average molecular weight is 401 g/mol. The molecule has 2 unspecified atom stereocenters. The van der Waals surface area contributed by atoms with E-state index in [1.807, 2.05) is 0 Å². The van der Waals surface area contributed by atoms with Crippen LogP contribution in [-0.4, -0.2) is 61.5 Å². The van der Waals surface area contributed by atoms with Gasteiger partial charge in [0, 0.05) is 0 Å². The Morgan fingerprint density at radius 1 is 1.00 bits per heavy atom. The molecule has 0 spiro atoms. The first kappa shape index (κ1) is 22.1. The summed E-state index contributed by atoms with van der Waals surface area (Å²) in [7, 11) is -5.18. The Labute approximate surface area is 157 Å². The second-order valence-electron chi connectivity index (χ2n) is 6.59. The van der Waals surface area contributed by atoms with Gasteiger partial charge in [-0.3, -0.25) is 0 Å². The smallest absolute Gasteiger partial charge is 0.246 e. The Hall–Kier alpha value is 0.0275. The summed E-state index contributed by atoms with van der Waals surface area (Å²) in [6.07, 6.45) is 2.15. The maximum atomic E-state index is 4.36. The van der Waals surface area contributed by atoms with Crippen molar-refractivity contribution in [2.24, 2.45) is 0 Å². The summed E-state index contributed by atoms with van der Waals surface area (Å²) >= 11 is 0. The zero-order valence-electron chi connectivity index (χ0n) is 16.9. The molecule has 1 aliphatic rings. The zero-order chi connectivity index (χ0) is 18.4. The fourth-order valence-corrected chi connectivity index (χ4v) is 30.6. The molecule has 140 valence electrons. The standard InChI is InChI=1S/C16H40N4Si4/c1-9-18-21-17-22(12-4)19(10-2)24(15-7,16-8)20(11-3)23(18,13-5)14-6/h9,13,17,22H,1,5,10-12,14-16,21H2,2-4,6-8H3. The lowest BCUT2D eigenvalue weighted by atomic mass is 10.8. The average Bonchev–Trinajstić information content (AvgIpc) is 2.62. The van der Waals surface area contributed by atoms with Crippen LogP contribution in [0.4, 0.5) is 0 Å². The molecule has 1 aliphatic heterocycles. The van der Waals surface area contributed by atoms with Crippen LogP contribution in [0.25, 0.3) is 0 Å². The van der Waals surface area contributed by atoms with Gasteiger partial charge in [-0.05, 0) is 43.5 Å².